The van der Waals surface area contributed by atoms with Crippen LogP contribution in [0, 0.1) is 0 Å². The van der Waals surface area contributed by atoms with Gasteiger partial charge in [0.15, 0.2) is 0 Å². The van der Waals surface area contributed by atoms with Gasteiger partial charge >= 0.3 is 0 Å². The van der Waals surface area contributed by atoms with E-state index < -0.39 is 0 Å². The first kappa shape index (κ1) is 9.00. The van der Waals surface area contributed by atoms with Crippen molar-refractivity contribution in [2.45, 2.75) is 20.3 Å². The van der Waals surface area contributed by atoms with E-state index in [2.05, 4.69) is 0 Å². The van der Waals surface area contributed by atoms with Crippen LogP contribution in [0.2, 0.25) is 0 Å². The van der Waals surface area contributed by atoms with Crippen molar-refractivity contribution in [3.8, 4) is 0 Å². The third-order valence-electron chi connectivity index (χ3n) is 2.63. The number of nitrogens with zero attached hydrogens (tertiary/aromatic N) is 1. The predicted molar refractivity (Wildman–Crippen MR) is 56.9 cm³/mol. The normalized spacial score (nSPS) is 16.7. The molecule has 1 aromatic carbocycles. The van der Waals surface area contributed by atoms with Crippen LogP contribution in [0.1, 0.15) is 20.3 Å². The van der Waals surface area contributed by atoms with Crippen molar-refractivity contribution in [3.63, 3.8) is 0 Å². The van der Waals surface area contributed by atoms with E-state index in [9.17, 15) is 4.79 Å². The van der Waals surface area contributed by atoms with E-state index in [1.165, 1.54) is 5.57 Å². The molecule has 0 radical (unpaired) electrons. The van der Waals surface area contributed by atoms with E-state index in [0.29, 0.717) is 6.42 Å². The molecule has 1 aromatic rings. The predicted octanol–water partition coefficient (Wildman–Crippen LogP) is 2.72. The van der Waals surface area contributed by atoms with Gasteiger partial charge in [0.25, 0.3) is 0 Å². The maximum Gasteiger partial charge on any atom is 0.235 e. The van der Waals surface area contributed by atoms with E-state index in [1.807, 2.05) is 44.2 Å². The fourth-order valence-corrected chi connectivity index (χ4v) is 1.73. The second kappa shape index (κ2) is 3.29. The number of hydrogen-bond acceptors (Lipinski definition) is 1. The van der Waals surface area contributed by atoms with E-state index in [1.54, 1.807) is 4.90 Å². The van der Waals surface area contributed by atoms with Gasteiger partial charge in [-0.05, 0) is 31.6 Å². The maximum absolute atomic E-state index is 11.7. The van der Waals surface area contributed by atoms with Crippen molar-refractivity contribution in [2.75, 3.05) is 4.90 Å². The standard InChI is InChI=1S/C12H13NO/c1-9-8-12(14)13(10(9)2)11-6-4-3-5-7-11/h3-7H,8H2,1-2H3. The topological polar surface area (TPSA) is 20.3 Å². The number of carbonyl (C=O) groups excluding carboxylic acids is 1. The monoisotopic (exact) mass is 187 g/mol. The zero-order chi connectivity index (χ0) is 10.1. The molecule has 1 heterocycles. The molecule has 0 saturated carbocycles. The molecular formula is C12H13NO. The molecule has 0 aliphatic carbocycles. The molecule has 0 atom stereocenters. The Hall–Kier alpha value is -1.57. The fourth-order valence-electron chi connectivity index (χ4n) is 1.73. The Morgan fingerprint density at radius 1 is 1.14 bits per heavy atom. The van der Waals surface area contributed by atoms with Gasteiger partial charge in [-0.25, -0.2) is 0 Å². The summed E-state index contributed by atoms with van der Waals surface area (Å²) in [5.74, 6) is 0.172. The lowest BCUT2D eigenvalue weighted by Crippen LogP contribution is -2.23. The lowest BCUT2D eigenvalue weighted by Gasteiger charge is -2.17. The van der Waals surface area contributed by atoms with Gasteiger partial charge in [0.2, 0.25) is 5.91 Å². The van der Waals surface area contributed by atoms with Crippen molar-refractivity contribution >= 4 is 11.6 Å². The highest BCUT2D eigenvalue weighted by Crippen LogP contribution is 2.28. The van der Waals surface area contributed by atoms with Crippen molar-refractivity contribution < 1.29 is 4.79 Å². The maximum atomic E-state index is 11.7. The zero-order valence-corrected chi connectivity index (χ0v) is 8.45. The minimum atomic E-state index is 0.172. The number of anilines is 1. The summed E-state index contributed by atoms with van der Waals surface area (Å²) in [5.41, 5.74) is 3.20. The molecule has 2 nitrogen and oxygen atoms in total. The van der Waals surface area contributed by atoms with Gasteiger partial charge in [-0.15, -0.1) is 0 Å². The number of benzene rings is 1. The first-order chi connectivity index (χ1) is 6.70. The average Bonchev–Trinajstić information content (AvgIpc) is 2.43. The van der Waals surface area contributed by atoms with Crippen LogP contribution in [-0.4, -0.2) is 5.91 Å². The Bertz CT molecular complexity index is 392. The third kappa shape index (κ3) is 1.33. The molecule has 72 valence electrons. The van der Waals surface area contributed by atoms with Crippen LogP contribution >= 0.6 is 0 Å². The van der Waals surface area contributed by atoms with E-state index in [0.717, 1.165) is 11.4 Å². The number of rotatable bonds is 1. The average molecular weight is 187 g/mol. The van der Waals surface area contributed by atoms with Crippen LogP contribution in [0.4, 0.5) is 5.69 Å². The summed E-state index contributed by atoms with van der Waals surface area (Å²) in [7, 11) is 0. The Labute approximate surface area is 83.8 Å². The summed E-state index contributed by atoms with van der Waals surface area (Å²) in [6.45, 7) is 4.00. The minimum Gasteiger partial charge on any atom is -0.285 e. The zero-order valence-electron chi connectivity index (χ0n) is 8.45. The third-order valence-corrected chi connectivity index (χ3v) is 2.63. The van der Waals surface area contributed by atoms with Gasteiger partial charge in [-0.2, -0.15) is 0 Å². The minimum absolute atomic E-state index is 0.172. The van der Waals surface area contributed by atoms with Crippen molar-refractivity contribution in [1.29, 1.82) is 0 Å². The molecule has 0 spiro atoms. The van der Waals surface area contributed by atoms with Crippen LogP contribution < -0.4 is 4.90 Å². The molecule has 2 rings (SSSR count). The molecule has 1 amide bonds. The van der Waals surface area contributed by atoms with Crippen LogP contribution in [0.5, 0.6) is 0 Å². The lowest BCUT2D eigenvalue weighted by atomic mass is 10.2. The molecule has 0 bridgehead atoms. The molecule has 0 aromatic heterocycles. The van der Waals surface area contributed by atoms with Gasteiger partial charge in [-0.3, -0.25) is 9.69 Å². The summed E-state index contributed by atoms with van der Waals surface area (Å²) in [6.07, 6.45) is 0.556. The number of carbonyl (C=O) groups is 1. The SMILES string of the molecule is CC1=C(C)N(c2ccccc2)C(=O)C1. The summed E-state index contributed by atoms with van der Waals surface area (Å²) in [6, 6.07) is 9.77. The molecule has 1 aliphatic heterocycles. The molecule has 0 N–H and O–H groups in total. The van der Waals surface area contributed by atoms with E-state index >= 15 is 0 Å². The smallest absolute Gasteiger partial charge is 0.235 e. The van der Waals surface area contributed by atoms with Crippen LogP contribution in [0.15, 0.2) is 41.6 Å². The molecular weight excluding hydrogens is 174 g/mol. The number of hydrogen-bond donors (Lipinski definition) is 0. The Morgan fingerprint density at radius 3 is 2.29 bits per heavy atom. The Kier molecular flexibility index (Phi) is 2.12. The quantitative estimate of drug-likeness (QED) is 0.662. The Morgan fingerprint density at radius 2 is 1.79 bits per heavy atom. The highest BCUT2D eigenvalue weighted by Gasteiger charge is 2.25. The van der Waals surface area contributed by atoms with Crippen LogP contribution in [0.25, 0.3) is 0 Å². The second-order valence-electron chi connectivity index (χ2n) is 3.61. The highest BCUT2D eigenvalue weighted by molar-refractivity contribution is 6.00. The van der Waals surface area contributed by atoms with E-state index in [4.69, 9.17) is 0 Å². The van der Waals surface area contributed by atoms with Crippen molar-refractivity contribution in [1.82, 2.24) is 0 Å². The molecule has 2 heteroatoms. The lowest BCUT2D eigenvalue weighted by molar-refractivity contribution is -0.116. The number of allylic oxidation sites excluding steroid dienone is 1. The summed E-state index contributed by atoms with van der Waals surface area (Å²) in [4.78, 5) is 13.5. The van der Waals surface area contributed by atoms with Crippen molar-refractivity contribution in [3.05, 3.63) is 41.6 Å². The van der Waals surface area contributed by atoms with E-state index in [-0.39, 0.29) is 5.91 Å². The van der Waals surface area contributed by atoms with Gasteiger partial charge in [-0.1, -0.05) is 18.2 Å². The first-order valence-corrected chi connectivity index (χ1v) is 4.74. The summed E-state index contributed by atoms with van der Waals surface area (Å²) < 4.78 is 0. The summed E-state index contributed by atoms with van der Waals surface area (Å²) >= 11 is 0. The first-order valence-electron chi connectivity index (χ1n) is 4.74. The van der Waals surface area contributed by atoms with Crippen LogP contribution in [0.3, 0.4) is 0 Å². The summed E-state index contributed by atoms with van der Waals surface area (Å²) in [5, 5.41) is 0. The molecule has 14 heavy (non-hydrogen) atoms. The number of para-hydroxylation sites is 1. The largest absolute Gasteiger partial charge is 0.285 e. The van der Waals surface area contributed by atoms with Gasteiger partial charge in [0.1, 0.15) is 0 Å². The molecule has 0 saturated heterocycles. The van der Waals surface area contributed by atoms with Crippen molar-refractivity contribution in [2.24, 2.45) is 0 Å². The van der Waals surface area contributed by atoms with Gasteiger partial charge in [0.05, 0.1) is 6.42 Å². The van der Waals surface area contributed by atoms with Gasteiger partial charge < -0.3 is 0 Å². The second-order valence-corrected chi connectivity index (χ2v) is 3.61. The fraction of sp³-hybridized carbons (Fsp3) is 0.250. The Balaban J connectivity index is 2.41. The molecule has 1 aliphatic rings. The molecule has 0 unspecified atom stereocenters. The molecule has 0 fully saturated rings. The highest BCUT2D eigenvalue weighted by atomic mass is 16.2. The van der Waals surface area contributed by atoms with Gasteiger partial charge in [0, 0.05) is 11.4 Å². The number of amides is 1. The van der Waals surface area contributed by atoms with Crippen LogP contribution in [-0.2, 0) is 4.79 Å².